The van der Waals surface area contributed by atoms with Gasteiger partial charge in [0.05, 0.1) is 19.8 Å². The minimum Gasteiger partial charge on any atom is -0.395 e. The minimum atomic E-state index is -0.134. The number of ether oxygens (including phenoxy) is 1. The van der Waals surface area contributed by atoms with E-state index in [1.807, 2.05) is 30.3 Å². The first kappa shape index (κ1) is 16.5. The van der Waals surface area contributed by atoms with Crippen LogP contribution in [0.4, 0.5) is 4.79 Å². The molecule has 22 heavy (non-hydrogen) atoms. The van der Waals surface area contributed by atoms with E-state index in [9.17, 15) is 4.79 Å². The van der Waals surface area contributed by atoms with Crippen LogP contribution >= 0.6 is 0 Å². The molecular weight excluding hydrogens is 280 g/mol. The number of carbonyl (C=O) groups is 1. The van der Waals surface area contributed by atoms with Crippen molar-refractivity contribution in [1.29, 1.82) is 0 Å². The van der Waals surface area contributed by atoms with Gasteiger partial charge in [0.2, 0.25) is 0 Å². The molecule has 0 aromatic heterocycles. The number of aliphatic hydroxyl groups is 1. The van der Waals surface area contributed by atoms with Crippen molar-refractivity contribution in [2.45, 2.75) is 19.4 Å². The second-order valence-electron chi connectivity index (χ2n) is 5.30. The molecule has 2 amide bonds. The number of nitrogens with zero attached hydrogens (tertiary/aromatic N) is 1. The molecule has 0 bridgehead atoms. The van der Waals surface area contributed by atoms with Crippen molar-refractivity contribution in [3.63, 3.8) is 0 Å². The summed E-state index contributed by atoms with van der Waals surface area (Å²) in [7, 11) is 0. The fraction of sp³-hybridized carbons (Fsp3) is 0.471. The van der Waals surface area contributed by atoms with Crippen LogP contribution in [-0.2, 0) is 11.3 Å². The summed E-state index contributed by atoms with van der Waals surface area (Å²) < 4.78 is 5.26. The highest BCUT2D eigenvalue weighted by Crippen LogP contribution is 2.11. The smallest absolute Gasteiger partial charge is 0.317 e. The minimum absolute atomic E-state index is 0.0389. The molecule has 0 aliphatic carbocycles. The van der Waals surface area contributed by atoms with Crippen LogP contribution in [0.2, 0.25) is 0 Å². The molecule has 2 N–H and O–H groups in total. The summed E-state index contributed by atoms with van der Waals surface area (Å²) in [6.07, 6.45) is 3.89. The lowest BCUT2D eigenvalue weighted by atomic mass is 10.1. The van der Waals surface area contributed by atoms with Crippen LogP contribution in [0.25, 0.3) is 0 Å². The summed E-state index contributed by atoms with van der Waals surface area (Å²) in [4.78, 5) is 13.9. The van der Waals surface area contributed by atoms with Crippen molar-refractivity contribution in [1.82, 2.24) is 10.2 Å². The van der Waals surface area contributed by atoms with E-state index in [4.69, 9.17) is 9.84 Å². The number of aliphatic hydroxyl groups excluding tert-OH is 1. The Morgan fingerprint density at radius 2 is 2.14 bits per heavy atom. The molecule has 0 spiro atoms. The van der Waals surface area contributed by atoms with Crippen LogP contribution in [0.3, 0.4) is 0 Å². The van der Waals surface area contributed by atoms with E-state index in [1.165, 1.54) is 5.57 Å². The number of benzene rings is 1. The third-order valence-corrected chi connectivity index (χ3v) is 3.65. The first-order valence-electron chi connectivity index (χ1n) is 7.73. The van der Waals surface area contributed by atoms with Gasteiger partial charge >= 0.3 is 6.03 Å². The van der Waals surface area contributed by atoms with Gasteiger partial charge in [-0.1, -0.05) is 42.0 Å². The lowest BCUT2D eigenvalue weighted by molar-refractivity contribution is 0.153. The summed E-state index contributed by atoms with van der Waals surface area (Å²) in [6, 6.07) is 9.66. The number of hydrogen-bond acceptors (Lipinski definition) is 3. The number of rotatable bonds is 7. The zero-order valence-corrected chi connectivity index (χ0v) is 12.8. The predicted molar refractivity (Wildman–Crippen MR) is 85.5 cm³/mol. The van der Waals surface area contributed by atoms with Crippen molar-refractivity contribution in [2.24, 2.45) is 0 Å². The molecule has 1 aromatic carbocycles. The van der Waals surface area contributed by atoms with E-state index in [0.717, 1.165) is 25.0 Å². The molecule has 0 fully saturated rings. The van der Waals surface area contributed by atoms with Gasteiger partial charge in [0.15, 0.2) is 0 Å². The first-order valence-corrected chi connectivity index (χ1v) is 7.73. The van der Waals surface area contributed by atoms with Crippen LogP contribution in [0.5, 0.6) is 0 Å². The van der Waals surface area contributed by atoms with Gasteiger partial charge in [-0.2, -0.15) is 0 Å². The predicted octanol–water partition coefficient (Wildman–Crippen LogP) is 1.93. The number of urea groups is 1. The Balaban J connectivity index is 1.80. The Hall–Kier alpha value is -1.85. The van der Waals surface area contributed by atoms with E-state index in [-0.39, 0.29) is 12.6 Å². The molecule has 0 saturated carbocycles. The van der Waals surface area contributed by atoms with Crippen LogP contribution < -0.4 is 5.32 Å². The standard InChI is InChI=1S/C17H24N2O3/c20-11-10-19(14-16-4-2-1-3-5-16)17(21)18-9-6-15-7-12-22-13-8-15/h1-5,7,20H,6,8-14H2,(H,18,21). The second-order valence-corrected chi connectivity index (χ2v) is 5.30. The zero-order chi connectivity index (χ0) is 15.6. The Morgan fingerprint density at radius 1 is 1.32 bits per heavy atom. The number of hydrogen-bond donors (Lipinski definition) is 2. The monoisotopic (exact) mass is 304 g/mol. The molecule has 0 radical (unpaired) electrons. The SMILES string of the molecule is O=C(NCCC1=CCOCC1)N(CCO)Cc1ccccc1. The maximum atomic E-state index is 12.2. The van der Waals surface area contributed by atoms with Crippen molar-refractivity contribution in [3.8, 4) is 0 Å². The third kappa shape index (κ3) is 5.50. The maximum Gasteiger partial charge on any atom is 0.317 e. The summed E-state index contributed by atoms with van der Waals surface area (Å²) in [5.41, 5.74) is 2.39. The van der Waals surface area contributed by atoms with Crippen LogP contribution in [0, 0.1) is 0 Å². The topological polar surface area (TPSA) is 61.8 Å². The molecular formula is C17H24N2O3. The Kier molecular flexibility index (Phi) is 6.93. The summed E-state index contributed by atoms with van der Waals surface area (Å²) >= 11 is 0. The summed E-state index contributed by atoms with van der Waals surface area (Å²) in [5, 5.41) is 12.1. The molecule has 120 valence electrons. The normalized spacial score (nSPS) is 14.3. The van der Waals surface area contributed by atoms with Gasteiger partial charge in [-0.3, -0.25) is 0 Å². The summed E-state index contributed by atoms with van der Waals surface area (Å²) in [5.74, 6) is 0. The Morgan fingerprint density at radius 3 is 2.82 bits per heavy atom. The molecule has 1 aromatic rings. The molecule has 0 saturated heterocycles. The molecule has 5 heteroatoms. The van der Waals surface area contributed by atoms with Gasteiger partial charge in [-0.05, 0) is 18.4 Å². The van der Waals surface area contributed by atoms with Crippen molar-refractivity contribution in [3.05, 3.63) is 47.5 Å². The number of nitrogens with one attached hydrogen (secondary N) is 1. The molecule has 0 atom stereocenters. The third-order valence-electron chi connectivity index (χ3n) is 3.65. The molecule has 1 aliphatic heterocycles. The highest BCUT2D eigenvalue weighted by atomic mass is 16.5. The lowest BCUT2D eigenvalue weighted by Gasteiger charge is -2.23. The van der Waals surface area contributed by atoms with Gasteiger partial charge in [-0.15, -0.1) is 0 Å². The van der Waals surface area contributed by atoms with Gasteiger partial charge in [-0.25, -0.2) is 4.79 Å². The molecule has 0 unspecified atom stereocenters. The fourth-order valence-electron chi connectivity index (χ4n) is 2.41. The highest BCUT2D eigenvalue weighted by molar-refractivity contribution is 5.74. The zero-order valence-electron chi connectivity index (χ0n) is 12.8. The average Bonchev–Trinajstić information content (AvgIpc) is 2.56. The first-order chi connectivity index (χ1) is 10.8. The number of amides is 2. The van der Waals surface area contributed by atoms with Crippen molar-refractivity contribution >= 4 is 6.03 Å². The maximum absolute atomic E-state index is 12.2. The van der Waals surface area contributed by atoms with Crippen LogP contribution in [0.15, 0.2) is 42.0 Å². The van der Waals surface area contributed by atoms with E-state index >= 15 is 0 Å². The molecule has 5 nitrogen and oxygen atoms in total. The van der Waals surface area contributed by atoms with Gasteiger partial charge in [0.25, 0.3) is 0 Å². The van der Waals surface area contributed by atoms with Crippen LogP contribution in [-0.4, -0.2) is 48.9 Å². The molecule has 1 heterocycles. The Bertz CT molecular complexity index is 488. The second kappa shape index (κ2) is 9.23. The van der Waals surface area contributed by atoms with Gasteiger partial charge in [0, 0.05) is 19.6 Å². The highest BCUT2D eigenvalue weighted by Gasteiger charge is 2.13. The quantitative estimate of drug-likeness (QED) is 0.757. The number of carbonyl (C=O) groups excluding carboxylic acids is 1. The van der Waals surface area contributed by atoms with Crippen molar-refractivity contribution in [2.75, 3.05) is 32.9 Å². The largest absolute Gasteiger partial charge is 0.395 e. The van der Waals surface area contributed by atoms with E-state index < -0.39 is 0 Å². The summed E-state index contributed by atoms with van der Waals surface area (Å²) in [6.45, 7) is 2.85. The van der Waals surface area contributed by atoms with Gasteiger partial charge in [0.1, 0.15) is 0 Å². The van der Waals surface area contributed by atoms with Gasteiger partial charge < -0.3 is 20.1 Å². The fourth-order valence-corrected chi connectivity index (χ4v) is 2.41. The average molecular weight is 304 g/mol. The van der Waals surface area contributed by atoms with Crippen LogP contribution in [0.1, 0.15) is 18.4 Å². The lowest BCUT2D eigenvalue weighted by Crippen LogP contribution is -2.41. The van der Waals surface area contributed by atoms with E-state index in [1.54, 1.807) is 4.90 Å². The molecule has 2 rings (SSSR count). The van der Waals surface area contributed by atoms with Crippen molar-refractivity contribution < 1.29 is 14.6 Å². The molecule has 1 aliphatic rings. The van der Waals surface area contributed by atoms with E-state index in [2.05, 4.69) is 11.4 Å². The van der Waals surface area contributed by atoms with E-state index in [0.29, 0.717) is 26.2 Å². The Labute approximate surface area is 131 Å².